The fraction of sp³-hybridized carbons (Fsp3) is 0.267. The normalized spacial score (nSPS) is 11.4. The molecule has 0 unspecified atom stereocenters. The third kappa shape index (κ3) is 5.22. The number of benzene rings is 1. The first kappa shape index (κ1) is 19.3. The quantitative estimate of drug-likeness (QED) is 0.663. The van der Waals surface area contributed by atoms with Crippen LogP contribution in [0.4, 0.5) is 0 Å². The highest BCUT2D eigenvalue weighted by atomic mass is 35.5. The van der Waals surface area contributed by atoms with Gasteiger partial charge in [0.1, 0.15) is 0 Å². The lowest BCUT2D eigenvalue weighted by molar-refractivity contribution is 0.0956. The van der Waals surface area contributed by atoms with Gasteiger partial charge >= 0.3 is 0 Å². The molecule has 0 fully saturated rings. The SMILES string of the molecule is CNS(=O)(=O)c1ccc(Cl)c(C(=O)NCCSCc2cccs2)c1. The molecule has 0 atom stereocenters. The molecule has 1 aromatic heterocycles. The predicted molar refractivity (Wildman–Crippen MR) is 101 cm³/mol. The van der Waals surface area contributed by atoms with Gasteiger partial charge in [0.2, 0.25) is 10.0 Å². The van der Waals surface area contributed by atoms with E-state index in [0.29, 0.717) is 6.54 Å². The van der Waals surface area contributed by atoms with E-state index in [-0.39, 0.29) is 21.4 Å². The molecule has 1 heterocycles. The van der Waals surface area contributed by atoms with Crippen LogP contribution < -0.4 is 10.0 Å². The average Bonchev–Trinajstić information content (AvgIpc) is 3.08. The van der Waals surface area contributed by atoms with Crippen LogP contribution in [-0.4, -0.2) is 33.7 Å². The Bertz CT molecular complexity index is 792. The lowest BCUT2D eigenvalue weighted by Gasteiger charge is -2.09. The highest BCUT2D eigenvalue weighted by Gasteiger charge is 2.17. The molecule has 0 saturated heterocycles. The number of halogens is 1. The number of carbonyl (C=O) groups is 1. The van der Waals surface area contributed by atoms with Gasteiger partial charge in [-0.3, -0.25) is 4.79 Å². The summed E-state index contributed by atoms with van der Waals surface area (Å²) in [7, 11) is -2.30. The fourth-order valence-electron chi connectivity index (χ4n) is 1.86. The molecule has 1 aromatic carbocycles. The van der Waals surface area contributed by atoms with E-state index in [0.717, 1.165) is 11.5 Å². The van der Waals surface area contributed by atoms with Crippen molar-refractivity contribution < 1.29 is 13.2 Å². The van der Waals surface area contributed by atoms with Crippen LogP contribution in [0.25, 0.3) is 0 Å². The van der Waals surface area contributed by atoms with E-state index in [9.17, 15) is 13.2 Å². The molecule has 2 N–H and O–H groups in total. The second-order valence-corrected chi connectivity index (χ2v) is 9.17. The molecule has 0 aliphatic carbocycles. The number of thioether (sulfide) groups is 1. The molecule has 0 aliphatic rings. The highest BCUT2D eigenvalue weighted by Crippen LogP contribution is 2.20. The fourth-order valence-corrected chi connectivity index (χ4v) is 4.52. The Morgan fingerprint density at radius 1 is 1.33 bits per heavy atom. The monoisotopic (exact) mass is 404 g/mol. The number of rotatable bonds is 8. The summed E-state index contributed by atoms with van der Waals surface area (Å²) in [4.78, 5) is 13.5. The van der Waals surface area contributed by atoms with E-state index in [1.165, 1.54) is 30.1 Å². The molecule has 2 aromatic rings. The number of nitrogens with one attached hydrogen (secondary N) is 2. The maximum atomic E-state index is 12.2. The molecule has 1 amide bonds. The standard InChI is InChI=1S/C15H17ClN2O3S3/c1-17-24(20,21)12-4-5-14(16)13(9-12)15(19)18-6-8-22-10-11-3-2-7-23-11/h2-5,7,9,17H,6,8,10H2,1H3,(H,18,19). The summed E-state index contributed by atoms with van der Waals surface area (Å²) in [5.74, 6) is 1.28. The summed E-state index contributed by atoms with van der Waals surface area (Å²) in [6.07, 6.45) is 0. The maximum Gasteiger partial charge on any atom is 0.252 e. The van der Waals surface area contributed by atoms with Crippen molar-refractivity contribution >= 4 is 50.6 Å². The zero-order chi connectivity index (χ0) is 17.6. The van der Waals surface area contributed by atoms with Crippen LogP contribution in [0, 0.1) is 0 Å². The van der Waals surface area contributed by atoms with E-state index >= 15 is 0 Å². The number of carbonyl (C=O) groups excluding carboxylic acids is 1. The Labute approximate surface area is 154 Å². The number of amides is 1. The molecule has 2 rings (SSSR count). The average molecular weight is 405 g/mol. The van der Waals surface area contributed by atoms with Crippen LogP contribution in [0.3, 0.4) is 0 Å². The van der Waals surface area contributed by atoms with Crippen LogP contribution in [-0.2, 0) is 15.8 Å². The minimum atomic E-state index is -3.62. The van der Waals surface area contributed by atoms with E-state index in [1.807, 2.05) is 11.4 Å². The van der Waals surface area contributed by atoms with Crippen LogP contribution in [0.1, 0.15) is 15.2 Å². The van der Waals surface area contributed by atoms with Crippen molar-refractivity contribution in [3.05, 3.63) is 51.2 Å². The summed E-state index contributed by atoms with van der Waals surface area (Å²) in [6.45, 7) is 0.480. The van der Waals surface area contributed by atoms with Gasteiger partial charge in [0.15, 0.2) is 0 Å². The molecule has 0 aliphatic heterocycles. The molecular weight excluding hydrogens is 388 g/mol. The van der Waals surface area contributed by atoms with Gasteiger partial charge in [0.05, 0.1) is 15.5 Å². The molecule has 24 heavy (non-hydrogen) atoms. The van der Waals surface area contributed by atoms with Gasteiger partial charge in [0, 0.05) is 22.9 Å². The predicted octanol–water partition coefficient (Wildman–Crippen LogP) is 2.97. The summed E-state index contributed by atoms with van der Waals surface area (Å²) in [6, 6.07) is 8.14. The van der Waals surface area contributed by atoms with Crippen LogP contribution >= 0.6 is 34.7 Å². The van der Waals surface area contributed by atoms with E-state index in [1.54, 1.807) is 23.1 Å². The highest BCUT2D eigenvalue weighted by molar-refractivity contribution is 7.98. The zero-order valence-electron chi connectivity index (χ0n) is 12.9. The molecule has 9 heteroatoms. The van der Waals surface area contributed by atoms with Crippen molar-refractivity contribution in [1.82, 2.24) is 10.0 Å². The summed E-state index contributed by atoms with van der Waals surface area (Å²) < 4.78 is 25.8. The van der Waals surface area contributed by atoms with Gasteiger partial charge in [-0.2, -0.15) is 11.8 Å². The van der Waals surface area contributed by atoms with Crippen molar-refractivity contribution in [2.45, 2.75) is 10.6 Å². The third-order valence-electron chi connectivity index (χ3n) is 3.12. The molecule has 0 bridgehead atoms. The van der Waals surface area contributed by atoms with Crippen molar-refractivity contribution in [3.63, 3.8) is 0 Å². The van der Waals surface area contributed by atoms with Crippen molar-refractivity contribution in [1.29, 1.82) is 0 Å². The first-order valence-corrected chi connectivity index (χ1v) is 10.9. The van der Waals surface area contributed by atoms with Crippen molar-refractivity contribution in [2.24, 2.45) is 0 Å². The Kier molecular flexibility index (Phi) is 7.12. The van der Waals surface area contributed by atoms with Gasteiger partial charge in [-0.05, 0) is 36.7 Å². The first-order chi connectivity index (χ1) is 11.4. The van der Waals surface area contributed by atoms with E-state index in [4.69, 9.17) is 11.6 Å². The van der Waals surface area contributed by atoms with Crippen molar-refractivity contribution in [3.8, 4) is 0 Å². The largest absolute Gasteiger partial charge is 0.351 e. The summed E-state index contributed by atoms with van der Waals surface area (Å²) in [5.41, 5.74) is 0.149. The second-order valence-electron chi connectivity index (χ2n) is 4.74. The van der Waals surface area contributed by atoms with Gasteiger partial charge < -0.3 is 5.32 Å². The molecule has 5 nitrogen and oxygen atoms in total. The maximum absolute atomic E-state index is 12.2. The topological polar surface area (TPSA) is 75.3 Å². The Hall–Kier alpha value is -1.06. The van der Waals surface area contributed by atoms with Crippen LogP contribution in [0.15, 0.2) is 40.6 Å². The lowest BCUT2D eigenvalue weighted by Crippen LogP contribution is -2.26. The summed E-state index contributed by atoms with van der Waals surface area (Å²) in [5, 5.41) is 5.01. The third-order valence-corrected chi connectivity index (χ3v) is 6.93. The number of sulfonamides is 1. The Balaban J connectivity index is 1.90. The van der Waals surface area contributed by atoms with E-state index < -0.39 is 10.0 Å². The minimum absolute atomic E-state index is 0.00613. The number of thiophene rings is 1. The minimum Gasteiger partial charge on any atom is -0.351 e. The Morgan fingerprint density at radius 2 is 2.12 bits per heavy atom. The van der Waals surface area contributed by atoms with Crippen LogP contribution in [0.2, 0.25) is 5.02 Å². The molecular formula is C15H17ClN2O3S3. The van der Waals surface area contributed by atoms with Crippen molar-refractivity contribution in [2.75, 3.05) is 19.3 Å². The smallest absolute Gasteiger partial charge is 0.252 e. The number of hydrogen-bond acceptors (Lipinski definition) is 5. The molecule has 0 saturated carbocycles. The van der Waals surface area contributed by atoms with Gasteiger partial charge in [-0.25, -0.2) is 13.1 Å². The number of hydrogen-bond donors (Lipinski definition) is 2. The van der Waals surface area contributed by atoms with E-state index in [2.05, 4.69) is 16.1 Å². The summed E-state index contributed by atoms with van der Waals surface area (Å²) >= 11 is 9.44. The van der Waals surface area contributed by atoms with Gasteiger partial charge in [-0.1, -0.05) is 17.7 Å². The lowest BCUT2D eigenvalue weighted by atomic mass is 10.2. The molecule has 130 valence electrons. The van der Waals surface area contributed by atoms with Gasteiger partial charge in [0.25, 0.3) is 5.91 Å². The second kappa shape index (κ2) is 8.87. The Morgan fingerprint density at radius 3 is 2.79 bits per heavy atom. The van der Waals surface area contributed by atoms with Crippen LogP contribution in [0.5, 0.6) is 0 Å². The first-order valence-electron chi connectivity index (χ1n) is 7.05. The molecule has 0 radical (unpaired) electrons. The zero-order valence-corrected chi connectivity index (χ0v) is 16.1. The molecule has 0 spiro atoms. The van der Waals surface area contributed by atoms with Gasteiger partial charge in [-0.15, -0.1) is 11.3 Å².